The first-order valence-corrected chi connectivity index (χ1v) is 9.14. The molecule has 27 heavy (non-hydrogen) atoms. The van der Waals surface area contributed by atoms with Crippen LogP contribution in [0.5, 0.6) is 5.75 Å². The second kappa shape index (κ2) is 8.37. The van der Waals surface area contributed by atoms with Crippen LogP contribution in [-0.2, 0) is 6.54 Å². The minimum absolute atomic E-state index is 0.104. The molecule has 0 amide bonds. The lowest BCUT2D eigenvalue weighted by Crippen LogP contribution is -2.32. The van der Waals surface area contributed by atoms with E-state index < -0.39 is 6.10 Å². The van der Waals surface area contributed by atoms with Crippen LogP contribution in [0.4, 0.5) is 0 Å². The number of hydrogen-bond donors (Lipinski definition) is 3. The molecule has 0 saturated heterocycles. The van der Waals surface area contributed by atoms with Crippen LogP contribution >= 0.6 is 0 Å². The number of fused-ring (bicyclic) bond motifs is 1. The van der Waals surface area contributed by atoms with Crippen molar-refractivity contribution in [2.75, 3.05) is 13.2 Å². The zero-order valence-electron chi connectivity index (χ0n) is 16.0. The number of ether oxygens (including phenoxy) is 1. The predicted octanol–water partition coefficient (Wildman–Crippen LogP) is 2.98. The number of pyridine rings is 1. The van der Waals surface area contributed by atoms with Gasteiger partial charge in [0.05, 0.1) is 5.52 Å². The molecule has 3 aromatic rings. The SMILES string of the molecule is Cc1cccc(OC[C@@H](O)CNCc2cc3cc(C)cc(C)c3[nH]c2=O)c1. The Morgan fingerprint density at radius 2 is 1.93 bits per heavy atom. The van der Waals surface area contributed by atoms with Crippen LogP contribution < -0.4 is 15.6 Å². The lowest BCUT2D eigenvalue weighted by atomic mass is 10.1. The van der Waals surface area contributed by atoms with Crippen LogP contribution in [0.15, 0.2) is 47.3 Å². The highest BCUT2D eigenvalue weighted by atomic mass is 16.5. The molecule has 2 aromatic carbocycles. The summed E-state index contributed by atoms with van der Waals surface area (Å²) in [5, 5.41) is 14.3. The van der Waals surface area contributed by atoms with Crippen molar-refractivity contribution in [3.63, 3.8) is 0 Å². The minimum Gasteiger partial charge on any atom is -0.491 e. The molecule has 1 aromatic heterocycles. The molecule has 1 atom stereocenters. The summed E-state index contributed by atoms with van der Waals surface area (Å²) in [6.45, 7) is 6.96. The van der Waals surface area contributed by atoms with Crippen LogP contribution in [0.2, 0.25) is 0 Å². The second-order valence-corrected chi connectivity index (χ2v) is 7.08. The first kappa shape index (κ1) is 19.1. The smallest absolute Gasteiger partial charge is 0.252 e. The van der Waals surface area contributed by atoms with Gasteiger partial charge in [0.1, 0.15) is 18.5 Å². The van der Waals surface area contributed by atoms with Crippen molar-refractivity contribution in [3.05, 3.63) is 75.1 Å². The Hall–Kier alpha value is -2.63. The molecule has 0 bridgehead atoms. The highest BCUT2D eigenvalue weighted by Crippen LogP contribution is 2.18. The van der Waals surface area contributed by atoms with E-state index in [0.29, 0.717) is 18.7 Å². The summed E-state index contributed by atoms with van der Waals surface area (Å²) in [6.07, 6.45) is -0.658. The topological polar surface area (TPSA) is 74.3 Å². The Kier molecular flexibility index (Phi) is 5.94. The first-order valence-electron chi connectivity index (χ1n) is 9.14. The van der Waals surface area contributed by atoms with E-state index in [4.69, 9.17) is 4.74 Å². The number of aliphatic hydroxyl groups excluding tert-OH is 1. The Morgan fingerprint density at radius 3 is 2.70 bits per heavy atom. The predicted molar refractivity (Wildman–Crippen MR) is 108 cm³/mol. The number of aromatic nitrogens is 1. The van der Waals surface area contributed by atoms with Gasteiger partial charge in [0, 0.05) is 18.7 Å². The van der Waals surface area contributed by atoms with E-state index in [1.54, 1.807) is 0 Å². The van der Waals surface area contributed by atoms with E-state index in [2.05, 4.69) is 22.4 Å². The fourth-order valence-electron chi connectivity index (χ4n) is 3.19. The van der Waals surface area contributed by atoms with Gasteiger partial charge in [-0.15, -0.1) is 0 Å². The van der Waals surface area contributed by atoms with Crippen LogP contribution in [-0.4, -0.2) is 29.3 Å². The lowest BCUT2D eigenvalue weighted by Gasteiger charge is -2.14. The first-order chi connectivity index (χ1) is 12.9. The van der Waals surface area contributed by atoms with Crippen molar-refractivity contribution in [2.45, 2.75) is 33.4 Å². The summed E-state index contributed by atoms with van der Waals surface area (Å²) in [6, 6.07) is 13.7. The number of nitrogens with one attached hydrogen (secondary N) is 2. The Labute approximate surface area is 159 Å². The number of hydrogen-bond acceptors (Lipinski definition) is 4. The maximum atomic E-state index is 12.3. The molecule has 3 rings (SSSR count). The van der Waals surface area contributed by atoms with Crippen molar-refractivity contribution in [2.24, 2.45) is 0 Å². The van der Waals surface area contributed by atoms with Crippen molar-refractivity contribution in [1.82, 2.24) is 10.3 Å². The van der Waals surface area contributed by atoms with Crippen LogP contribution in [0.3, 0.4) is 0 Å². The largest absolute Gasteiger partial charge is 0.491 e. The van der Waals surface area contributed by atoms with Crippen molar-refractivity contribution in [1.29, 1.82) is 0 Å². The molecule has 0 fully saturated rings. The zero-order chi connectivity index (χ0) is 19.4. The van der Waals surface area contributed by atoms with Gasteiger partial charge in [-0.25, -0.2) is 0 Å². The van der Waals surface area contributed by atoms with Gasteiger partial charge in [0.2, 0.25) is 0 Å². The summed E-state index contributed by atoms with van der Waals surface area (Å²) in [5.74, 6) is 0.741. The maximum Gasteiger partial charge on any atom is 0.252 e. The number of H-pyrrole nitrogens is 1. The quantitative estimate of drug-likeness (QED) is 0.601. The molecule has 0 unspecified atom stereocenters. The molecule has 5 heteroatoms. The third kappa shape index (κ3) is 4.96. The molecule has 0 spiro atoms. The molecular weight excluding hydrogens is 340 g/mol. The van der Waals surface area contributed by atoms with Gasteiger partial charge in [0.15, 0.2) is 0 Å². The number of aromatic amines is 1. The van der Waals surface area contributed by atoms with E-state index in [1.807, 2.05) is 51.1 Å². The standard InChI is InChI=1S/C22H26N2O3/c1-14-5-4-6-20(9-14)27-13-19(25)12-23-11-18-10-17-8-15(2)7-16(3)21(17)24-22(18)26/h4-10,19,23,25H,11-13H2,1-3H3,(H,24,26)/t19-/m0/s1. The van der Waals surface area contributed by atoms with E-state index in [1.165, 1.54) is 0 Å². The number of aliphatic hydroxyl groups is 1. The van der Waals surface area contributed by atoms with Gasteiger partial charge in [-0.05, 0) is 61.5 Å². The average molecular weight is 366 g/mol. The van der Waals surface area contributed by atoms with Crippen molar-refractivity contribution in [3.8, 4) is 5.75 Å². The van der Waals surface area contributed by atoms with Crippen LogP contribution in [0, 0.1) is 20.8 Å². The Bertz CT molecular complexity index is 995. The minimum atomic E-state index is -0.658. The number of benzene rings is 2. The van der Waals surface area contributed by atoms with Gasteiger partial charge in [0.25, 0.3) is 5.56 Å². The average Bonchev–Trinajstić information content (AvgIpc) is 2.61. The van der Waals surface area contributed by atoms with E-state index in [9.17, 15) is 9.90 Å². The molecule has 0 aliphatic rings. The van der Waals surface area contributed by atoms with Crippen molar-refractivity contribution >= 4 is 10.9 Å². The number of rotatable bonds is 7. The maximum absolute atomic E-state index is 12.3. The molecule has 3 N–H and O–H groups in total. The molecule has 0 aliphatic carbocycles. The highest BCUT2D eigenvalue weighted by Gasteiger charge is 2.08. The fraction of sp³-hybridized carbons (Fsp3) is 0.318. The highest BCUT2D eigenvalue weighted by molar-refractivity contribution is 5.82. The monoisotopic (exact) mass is 366 g/mol. The van der Waals surface area contributed by atoms with E-state index in [0.717, 1.165) is 33.3 Å². The van der Waals surface area contributed by atoms with Gasteiger partial charge >= 0.3 is 0 Å². The molecule has 0 aliphatic heterocycles. The van der Waals surface area contributed by atoms with E-state index in [-0.39, 0.29) is 12.2 Å². The number of aryl methyl sites for hydroxylation is 3. The summed E-state index contributed by atoms with van der Waals surface area (Å²) < 4.78 is 5.60. The third-order valence-corrected chi connectivity index (χ3v) is 4.50. The third-order valence-electron chi connectivity index (χ3n) is 4.50. The van der Waals surface area contributed by atoms with Gasteiger partial charge in [-0.3, -0.25) is 4.79 Å². The zero-order valence-corrected chi connectivity index (χ0v) is 16.0. The Balaban J connectivity index is 1.56. The van der Waals surface area contributed by atoms with Crippen LogP contribution in [0.1, 0.15) is 22.3 Å². The second-order valence-electron chi connectivity index (χ2n) is 7.08. The molecule has 0 saturated carbocycles. The molecule has 1 heterocycles. The molecule has 0 radical (unpaired) electrons. The fourth-order valence-corrected chi connectivity index (χ4v) is 3.19. The van der Waals surface area contributed by atoms with Gasteiger partial charge < -0.3 is 20.1 Å². The van der Waals surface area contributed by atoms with E-state index >= 15 is 0 Å². The lowest BCUT2D eigenvalue weighted by molar-refractivity contribution is 0.106. The summed E-state index contributed by atoms with van der Waals surface area (Å²) in [4.78, 5) is 15.3. The van der Waals surface area contributed by atoms with Crippen molar-refractivity contribution < 1.29 is 9.84 Å². The van der Waals surface area contributed by atoms with Gasteiger partial charge in [-0.1, -0.05) is 23.8 Å². The van der Waals surface area contributed by atoms with Crippen LogP contribution in [0.25, 0.3) is 10.9 Å². The molecule has 142 valence electrons. The summed E-state index contributed by atoms with van der Waals surface area (Å²) in [7, 11) is 0. The molecular formula is C22H26N2O3. The van der Waals surface area contributed by atoms with Gasteiger partial charge in [-0.2, -0.15) is 0 Å². The Morgan fingerprint density at radius 1 is 1.11 bits per heavy atom. The summed E-state index contributed by atoms with van der Waals surface area (Å²) >= 11 is 0. The summed E-state index contributed by atoms with van der Waals surface area (Å²) in [5.41, 5.74) is 4.76. The normalized spacial score (nSPS) is 12.3. The molecule has 5 nitrogen and oxygen atoms in total.